The molecule has 4 heteroatoms. The van der Waals surface area contributed by atoms with Gasteiger partial charge in [0, 0.05) is 6.54 Å². The number of nitrogens with zero attached hydrogens (tertiary/aromatic N) is 2. The summed E-state index contributed by atoms with van der Waals surface area (Å²) in [4.78, 5) is 0. The first-order chi connectivity index (χ1) is 6.60. The third-order valence-corrected chi connectivity index (χ3v) is 3.66. The third-order valence-electron chi connectivity index (χ3n) is 2.68. The SMILES string of the molecule is CCC(CC)Cn1nc(C)c(Br)c1N. The van der Waals surface area contributed by atoms with Crippen LogP contribution in [0.2, 0.25) is 0 Å². The van der Waals surface area contributed by atoms with E-state index >= 15 is 0 Å². The number of nitrogens with two attached hydrogens (primary N) is 1. The van der Waals surface area contributed by atoms with Crippen LogP contribution in [0.4, 0.5) is 5.82 Å². The first-order valence-electron chi connectivity index (χ1n) is 5.08. The van der Waals surface area contributed by atoms with Gasteiger partial charge in [-0.05, 0) is 28.8 Å². The Balaban J connectivity index is 2.81. The highest BCUT2D eigenvalue weighted by Gasteiger charge is 2.12. The molecule has 0 fully saturated rings. The van der Waals surface area contributed by atoms with Crippen LogP contribution in [-0.2, 0) is 6.54 Å². The first kappa shape index (κ1) is 11.6. The average molecular weight is 260 g/mol. The predicted molar refractivity (Wildman–Crippen MR) is 63.1 cm³/mol. The van der Waals surface area contributed by atoms with Gasteiger partial charge in [0.2, 0.25) is 0 Å². The van der Waals surface area contributed by atoms with Crippen LogP contribution in [0, 0.1) is 12.8 Å². The lowest BCUT2D eigenvalue weighted by molar-refractivity contribution is 0.398. The molecule has 1 heterocycles. The predicted octanol–water partition coefficient (Wildman–Crippen LogP) is 2.97. The molecular formula is C10H18BrN3. The zero-order chi connectivity index (χ0) is 10.7. The maximum atomic E-state index is 5.91. The number of anilines is 1. The van der Waals surface area contributed by atoms with Gasteiger partial charge >= 0.3 is 0 Å². The molecule has 0 aliphatic rings. The Morgan fingerprint density at radius 1 is 1.43 bits per heavy atom. The molecule has 0 atom stereocenters. The normalized spacial score (nSPS) is 11.2. The van der Waals surface area contributed by atoms with Crippen molar-refractivity contribution in [1.82, 2.24) is 9.78 Å². The van der Waals surface area contributed by atoms with E-state index in [9.17, 15) is 0 Å². The quantitative estimate of drug-likeness (QED) is 0.904. The minimum atomic E-state index is 0.670. The van der Waals surface area contributed by atoms with E-state index in [-0.39, 0.29) is 0 Å². The fourth-order valence-electron chi connectivity index (χ4n) is 1.51. The van der Waals surface area contributed by atoms with Crippen LogP contribution in [0.3, 0.4) is 0 Å². The van der Waals surface area contributed by atoms with Crippen LogP contribution in [0.15, 0.2) is 4.47 Å². The highest BCUT2D eigenvalue weighted by atomic mass is 79.9. The Hall–Kier alpha value is -0.510. The van der Waals surface area contributed by atoms with E-state index in [4.69, 9.17) is 5.73 Å². The zero-order valence-corrected chi connectivity index (χ0v) is 10.6. The third kappa shape index (κ3) is 2.29. The van der Waals surface area contributed by atoms with Gasteiger partial charge < -0.3 is 5.73 Å². The molecule has 80 valence electrons. The molecule has 0 saturated carbocycles. The number of halogens is 1. The summed E-state index contributed by atoms with van der Waals surface area (Å²) in [5, 5.41) is 4.39. The molecule has 0 aliphatic heterocycles. The number of hydrogen-bond acceptors (Lipinski definition) is 2. The number of hydrogen-bond donors (Lipinski definition) is 1. The highest BCUT2D eigenvalue weighted by Crippen LogP contribution is 2.24. The number of rotatable bonds is 4. The first-order valence-corrected chi connectivity index (χ1v) is 5.87. The number of aromatic nitrogens is 2. The molecule has 0 bridgehead atoms. The van der Waals surface area contributed by atoms with Crippen molar-refractivity contribution in [2.24, 2.45) is 5.92 Å². The molecule has 1 aromatic rings. The van der Waals surface area contributed by atoms with Gasteiger partial charge in [0.15, 0.2) is 0 Å². The fraction of sp³-hybridized carbons (Fsp3) is 0.700. The minimum absolute atomic E-state index is 0.670. The topological polar surface area (TPSA) is 43.8 Å². The largest absolute Gasteiger partial charge is 0.383 e. The number of aryl methyl sites for hydroxylation is 1. The minimum Gasteiger partial charge on any atom is -0.383 e. The second kappa shape index (κ2) is 4.82. The van der Waals surface area contributed by atoms with Crippen molar-refractivity contribution in [3.63, 3.8) is 0 Å². The number of nitrogen functional groups attached to an aromatic ring is 1. The lowest BCUT2D eigenvalue weighted by Gasteiger charge is -2.12. The molecule has 1 rings (SSSR count). The van der Waals surface area contributed by atoms with Gasteiger partial charge in [0.05, 0.1) is 10.2 Å². The maximum Gasteiger partial charge on any atom is 0.136 e. The molecular weight excluding hydrogens is 242 g/mol. The van der Waals surface area contributed by atoms with Crippen molar-refractivity contribution in [2.45, 2.75) is 40.2 Å². The summed E-state index contributed by atoms with van der Waals surface area (Å²) in [5.41, 5.74) is 6.88. The average Bonchev–Trinajstić information content (AvgIpc) is 2.42. The molecule has 0 unspecified atom stereocenters. The van der Waals surface area contributed by atoms with Crippen LogP contribution in [0.25, 0.3) is 0 Å². The van der Waals surface area contributed by atoms with Gasteiger partial charge in [0.25, 0.3) is 0 Å². The van der Waals surface area contributed by atoms with Crippen molar-refractivity contribution in [2.75, 3.05) is 5.73 Å². The van der Waals surface area contributed by atoms with E-state index in [1.165, 1.54) is 12.8 Å². The Morgan fingerprint density at radius 3 is 2.36 bits per heavy atom. The fourth-order valence-corrected chi connectivity index (χ4v) is 1.79. The van der Waals surface area contributed by atoms with E-state index in [0.717, 1.165) is 22.5 Å². The van der Waals surface area contributed by atoms with Crippen molar-refractivity contribution in [3.05, 3.63) is 10.2 Å². The summed E-state index contributed by atoms with van der Waals surface area (Å²) in [7, 11) is 0. The Bertz CT molecular complexity index is 303. The summed E-state index contributed by atoms with van der Waals surface area (Å²) < 4.78 is 2.83. The van der Waals surface area contributed by atoms with Crippen LogP contribution >= 0.6 is 15.9 Å². The van der Waals surface area contributed by atoms with E-state index < -0.39 is 0 Å². The summed E-state index contributed by atoms with van der Waals surface area (Å²) >= 11 is 3.43. The Kier molecular flexibility index (Phi) is 3.98. The van der Waals surface area contributed by atoms with Gasteiger partial charge in [-0.3, -0.25) is 0 Å². The van der Waals surface area contributed by atoms with Crippen molar-refractivity contribution >= 4 is 21.7 Å². The summed E-state index contributed by atoms with van der Waals surface area (Å²) in [6.07, 6.45) is 2.35. The van der Waals surface area contributed by atoms with Crippen molar-refractivity contribution in [3.8, 4) is 0 Å². The standard InChI is InChI=1S/C10H18BrN3/c1-4-8(5-2)6-14-10(12)9(11)7(3)13-14/h8H,4-6,12H2,1-3H3. The van der Waals surface area contributed by atoms with Crippen molar-refractivity contribution in [1.29, 1.82) is 0 Å². The van der Waals surface area contributed by atoms with Crippen LogP contribution in [0.1, 0.15) is 32.4 Å². The molecule has 0 amide bonds. The van der Waals surface area contributed by atoms with Crippen LogP contribution in [-0.4, -0.2) is 9.78 Å². The Labute approximate surface area is 93.8 Å². The molecule has 3 nitrogen and oxygen atoms in total. The summed E-state index contributed by atoms with van der Waals surface area (Å²) in [5.74, 6) is 1.41. The van der Waals surface area contributed by atoms with E-state index in [2.05, 4.69) is 34.9 Å². The lowest BCUT2D eigenvalue weighted by atomic mass is 10.0. The highest BCUT2D eigenvalue weighted by molar-refractivity contribution is 9.10. The van der Waals surface area contributed by atoms with Gasteiger partial charge in [-0.15, -0.1) is 0 Å². The molecule has 0 radical (unpaired) electrons. The molecule has 0 aliphatic carbocycles. The smallest absolute Gasteiger partial charge is 0.136 e. The lowest BCUT2D eigenvalue weighted by Crippen LogP contribution is -2.12. The van der Waals surface area contributed by atoms with E-state index in [1.54, 1.807) is 0 Å². The molecule has 1 aromatic heterocycles. The van der Waals surface area contributed by atoms with Crippen molar-refractivity contribution < 1.29 is 0 Å². The summed E-state index contributed by atoms with van der Waals surface area (Å²) in [6.45, 7) is 7.29. The molecule has 0 spiro atoms. The van der Waals surface area contributed by atoms with Gasteiger partial charge in [-0.2, -0.15) is 5.10 Å². The monoisotopic (exact) mass is 259 g/mol. The molecule has 14 heavy (non-hydrogen) atoms. The molecule has 0 aromatic carbocycles. The second-order valence-electron chi connectivity index (χ2n) is 3.65. The van der Waals surface area contributed by atoms with Gasteiger partial charge in [0.1, 0.15) is 5.82 Å². The summed E-state index contributed by atoms with van der Waals surface area (Å²) in [6, 6.07) is 0. The molecule has 0 saturated heterocycles. The van der Waals surface area contributed by atoms with Gasteiger partial charge in [-0.25, -0.2) is 4.68 Å². The zero-order valence-electron chi connectivity index (χ0n) is 9.05. The second-order valence-corrected chi connectivity index (χ2v) is 4.44. The molecule has 2 N–H and O–H groups in total. The maximum absolute atomic E-state index is 5.91. The van der Waals surface area contributed by atoms with Crippen LogP contribution in [0.5, 0.6) is 0 Å². The van der Waals surface area contributed by atoms with E-state index in [1.807, 2.05) is 11.6 Å². The van der Waals surface area contributed by atoms with Crippen LogP contribution < -0.4 is 5.73 Å². The Morgan fingerprint density at radius 2 is 2.00 bits per heavy atom. The van der Waals surface area contributed by atoms with Gasteiger partial charge in [-0.1, -0.05) is 26.7 Å². The van der Waals surface area contributed by atoms with E-state index in [0.29, 0.717) is 5.92 Å².